The Hall–Kier alpha value is -2.67. The van der Waals surface area contributed by atoms with Gasteiger partial charge in [-0.05, 0) is 5.56 Å². The first kappa shape index (κ1) is 15.2. The number of aryl methyl sites for hydroxylation is 1. The fourth-order valence-electron chi connectivity index (χ4n) is 2.77. The largest absolute Gasteiger partial charge is 0.387 e. The number of rotatable bonds is 3. The van der Waals surface area contributed by atoms with E-state index in [-0.39, 0.29) is 5.69 Å². The molecule has 7 heteroatoms. The van der Waals surface area contributed by atoms with Crippen molar-refractivity contribution < 1.29 is 5.11 Å². The number of imidazole rings is 1. The molecule has 0 aliphatic rings. The van der Waals surface area contributed by atoms with Gasteiger partial charge in [-0.2, -0.15) is 0 Å². The summed E-state index contributed by atoms with van der Waals surface area (Å²) in [4.78, 5) is 20.7. The minimum atomic E-state index is -0.666. The molecule has 0 saturated carbocycles. The highest BCUT2D eigenvalue weighted by molar-refractivity contribution is 5.69. The predicted molar refractivity (Wildman–Crippen MR) is 86.8 cm³/mol. The molecule has 0 amide bonds. The van der Waals surface area contributed by atoms with Gasteiger partial charge in [-0.3, -0.25) is 14.1 Å². The van der Waals surface area contributed by atoms with Crippen LogP contribution in [0.4, 0.5) is 0 Å². The predicted octanol–water partition coefficient (Wildman–Crippen LogP) is 0.338. The van der Waals surface area contributed by atoms with Gasteiger partial charge in [0.15, 0.2) is 11.1 Å². The minimum Gasteiger partial charge on any atom is -0.387 e. The van der Waals surface area contributed by atoms with Crippen LogP contribution in [-0.2, 0) is 20.6 Å². The number of aliphatic hydroxyl groups excluding tert-OH is 1. The third kappa shape index (κ3) is 2.49. The van der Waals surface area contributed by atoms with E-state index in [1.807, 2.05) is 34.9 Å². The molecule has 0 spiro atoms. The van der Waals surface area contributed by atoms with Crippen LogP contribution in [0.3, 0.4) is 0 Å². The lowest BCUT2D eigenvalue weighted by Crippen LogP contribution is -2.38. The number of aliphatic hydroxyl groups is 1. The summed E-state index contributed by atoms with van der Waals surface area (Å²) in [7, 11) is 4.99. The molecule has 0 bridgehead atoms. The van der Waals surface area contributed by atoms with Gasteiger partial charge in [-0.25, -0.2) is 9.78 Å². The molecule has 7 nitrogen and oxygen atoms in total. The number of benzene rings is 1. The first-order valence-corrected chi connectivity index (χ1v) is 7.31. The molecular weight excluding hydrogens is 294 g/mol. The van der Waals surface area contributed by atoms with E-state index in [0.717, 1.165) is 11.1 Å². The molecule has 1 atom stereocenters. The van der Waals surface area contributed by atoms with Crippen molar-refractivity contribution in [3.8, 4) is 0 Å². The average Bonchev–Trinajstić information content (AvgIpc) is 2.98. The van der Waals surface area contributed by atoms with E-state index in [0.29, 0.717) is 17.7 Å². The zero-order valence-electron chi connectivity index (χ0n) is 13.3. The molecule has 120 valence electrons. The molecule has 0 fully saturated rings. The Bertz CT molecular complexity index is 966. The highest BCUT2D eigenvalue weighted by Crippen LogP contribution is 2.16. The fraction of sp³-hybridized carbons (Fsp3) is 0.312. The van der Waals surface area contributed by atoms with Gasteiger partial charge in [0.2, 0.25) is 0 Å². The maximum absolute atomic E-state index is 12.2. The summed E-state index contributed by atoms with van der Waals surface area (Å²) >= 11 is 0. The van der Waals surface area contributed by atoms with Crippen LogP contribution in [0.25, 0.3) is 11.2 Å². The molecule has 23 heavy (non-hydrogen) atoms. The zero-order valence-corrected chi connectivity index (χ0v) is 13.3. The van der Waals surface area contributed by atoms with Crippen molar-refractivity contribution in [2.45, 2.75) is 12.6 Å². The molecular formula is C16H19N5O2. The molecule has 0 radical (unpaired) electrons. The van der Waals surface area contributed by atoms with Crippen molar-refractivity contribution in [3.63, 3.8) is 0 Å². The number of hydrogen-bond donors (Lipinski definition) is 1. The van der Waals surface area contributed by atoms with Crippen LogP contribution >= 0.6 is 0 Å². The van der Waals surface area contributed by atoms with Gasteiger partial charge in [0.1, 0.15) is 5.52 Å². The molecule has 1 aromatic carbocycles. The summed E-state index contributed by atoms with van der Waals surface area (Å²) in [5.41, 5.74) is 2.47. The third-order valence-electron chi connectivity index (χ3n) is 4.01. The van der Waals surface area contributed by atoms with Crippen molar-refractivity contribution >= 4 is 11.2 Å². The molecule has 2 aromatic heterocycles. The summed E-state index contributed by atoms with van der Waals surface area (Å²) in [6.07, 6.45) is 0.964. The smallest absolute Gasteiger partial charge is 0.330 e. The fourth-order valence-corrected chi connectivity index (χ4v) is 2.77. The Labute approximate surface area is 132 Å². The molecule has 3 rings (SSSR count). The van der Waals surface area contributed by atoms with E-state index in [1.165, 1.54) is 9.13 Å². The van der Waals surface area contributed by atoms with Crippen molar-refractivity contribution in [1.82, 2.24) is 18.7 Å². The second-order valence-corrected chi connectivity index (χ2v) is 5.44. The summed E-state index contributed by atoms with van der Waals surface area (Å²) in [5, 5.41) is 10.5. The molecule has 0 saturated heterocycles. The first-order valence-electron chi connectivity index (χ1n) is 7.31. The second kappa shape index (κ2) is 5.85. The number of fused-ring (bicyclic) bond motifs is 1. The van der Waals surface area contributed by atoms with Crippen molar-refractivity contribution in [3.05, 3.63) is 58.2 Å². The van der Waals surface area contributed by atoms with E-state index >= 15 is 0 Å². The van der Waals surface area contributed by atoms with Gasteiger partial charge in [-0.1, -0.05) is 30.3 Å². The second-order valence-electron chi connectivity index (χ2n) is 5.44. The lowest BCUT2D eigenvalue weighted by atomic mass is 10.1. The highest BCUT2D eigenvalue weighted by atomic mass is 16.3. The van der Waals surface area contributed by atoms with Crippen molar-refractivity contribution in [2.24, 2.45) is 19.1 Å². The molecule has 0 aliphatic carbocycles. The van der Waals surface area contributed by atoms with E-state index in [9.17, 15) is 9.90 Å². The summed E-state index contributed by atoms with van der Waals surface area (Å²) in [6.45, 7) is 0.335. The normalized spacial score (nSPS) is 13.7. The highest BCUT2D eigenvalue weighted by Gasteiger charge is 2.15. The van der Waals surface area contributed by atoms with Gasteiger partial charge < -0.3 is 9.67 Å². The van der Waals surface area contributed by atoms with Gasteiger partial charge in [0.05, 0.1) is 19.0 Å². The monoisotopic (exact) mass is 313 g/mol. The van der Waals surface area contributed by atoms with Crippen LogP contribution < -0.4 is 11.2 Å². The topological polar surface area (TPSA) is 77.3 Å². The Balaban J connectivity index is 2.15. The lowest BCUT2D eigenvalue weighted by Gasteiger charge is -2.13. The van der Waals surface area contributed by atoms with Crippen LogP contribution in [0.2, 0.25) is 0 Å². The minimum absolute atomic E-state index is 0.188. The number of hydrogen-bond acceptors (Lipinski definition) is 4. The van der Waals surface area contributed by atoms with Crippen LogP contribution in [0, 0.1) is 0 Å². The summed E-state index contributed by atoms with van der Waals surface area (Å²) < 4.78 is 4.79. The van der Waals surface area contributed by atoms with Crippen molar-refractivity contribution in [2.75, 3.05) is 7.05 Å². The molecule has 0 aliphatic heterocycles. The third-order valence-corrected chi connectivity index (χ3v) is 4.01. The summed E-state index contributed by atoms with van der Waals surface area (Å²) in [5.74, 6) is 0. The molecule has 2 heterocycles. The maximum Gasteiger partial charge on any atom is 0.330 e. The Morgan fingerprint density at radius 1 is 1.22 bits per heavy atom. The molecule has 1 N–H and O–H groups in total. The lowest BCUT2D eigenvalue weighted by molar-refractivity contribution is 0.158. The van der Waals surface area contributed by atoms with Crippen LogP contribution in [0.5, 0.6) is 0 Å². The van der Waals surface area contributed by atoms with Crippen LogP contribution in [-0.4, -0.2) is 30.8 Å². The first-order chi connectivity index (χ1) is 11.0. The van der Waals surface area contributed by atoms with E-state index < -0.39 is 6.10 Å². The molecule has 3 aromatic rings. The SMILES string of the molecule is CN=c1c2c(ncn2CC(O)c2ccccc2)n(C)c(=O)n1C. The van der Waals surface area contributed by atoms with E-state index in [4.69, 9.17) is 0 Å². The van der Waals surface area contributed by atoms with E-state index in [1.54, 1.807) is 27.5 Å². The van der Waals surface area contributed by atoms with Crippen LogP contribution in [0.15, 0.2) is 46.4 Å². The average molecular weight is 313 g/mol. The van der Waals surface area contributed by atoms with Gasteiger partial charge >= 0.3 is 5.69 Å². The standard InChI is InChI=1S/C16H19N5O2/c1-17-14-13-15(20(3)16(23)19(14)2)18-10-21(13)9-12(22)11-7-5-4-6-8-11/h4-8,10,12,22H,9H2,1-3H3. The Kier molecular flexibility index (Phi) is 3.87. The van der Waals surface area contributed by atoms with Gasteiger partial charge in [0.25, 0.3) is 0 Å². The number of aromatic nitrogens is 4. The van der Waals surface area contributed by atoms with Crippen molar-refractivity contribution in [1.29, 1.82) is 0 Å². The van der Waals surface area contributed by atoms with Gasteiger partial charge in [0, 0.05) is 21.1 Å². The Morgan fingerprint density at radius 2 is 1.91 bits per heavy atom. The van der Waals surface area contributed by atoms with Crippen LogP contribution in [0.1, 0.15) is 11.7 Å². The number of nitrogens with zero attached hydrogens (tertiary/aromatic N) is 5. The van der Waals surface area contributed by atoms with Gasteiger partial charge in [-0.15, -0.1) is 0 Å². The van der Waals surface area contributed by atoms with E-state index in [2.05, 4.69) is 9.98 Å². The summed E-state index contributed by atoms with van der Waals surface area (Å²) in [6, 6.07) is 9.45. The Morgan fingerprint density at radius 3 is 2.57 bits per heavy atom. The quantitative estimate of drug-likeness (QED) is 0.757. The maximum atomic E-state index is 12.2. The molecule has 1 unspecified atom stereocenters. The zero-order chi connectivity index (χ0) is 16.6.